The molecular weight excluding hydrogens is 604 g/mol. The third kappa shape index (κ3) is 7.29. The van der Waals surface area contributed by atoms with E-state index in [1.165, 1.54) is 22.2 Å². The van der Waals surface area contributed by atoms with Gasteiger partial charge in [-0.05, 0) is 49.1 Å². The molecule has 11 heteroatoms. The van der Waals surface area contributed by atoms with Crippen LogP contribution in [0.1, 0.15) is 70.7 Å². The Morgan fingerprint density at radius 2 is 1.78 bits per heavy atom. The van der Waals surface area contributed by atoms with Gasteiger partial charge in [0.1, 0.15) is 17.2 Å². The van der Waals surface area contributed by atoms with E-state index in [-0.39, 0.29) is 29.9 Å². The molecule has 2 aromatic heterocycles. The highest BCUT2D eigenvalue weighted by Gasteiger charge is 2.44. The number of nitrogens with zero attached hydrogens (tertiary/aromatic N) is 1. The molecule has 6 N–H and O–H groups in total. The number of aromatic nitrogens is 1. The minimum absolute atomic E-state index is 0.0892. The molecule has 0 saturated heterocycles. The summed E-state index contributed by atoms with van der Waals surface area (Å²) in [6, 6.07) is 17.1. The van der Waals surface area contributed by atoms with Crippen LogP contribution in [-0.4, -0.2) is 52.5 Å². The number of nitrogens with one attached hydrogen (secondary N) is 3. The lowest BCUT2D eigenvalue weighted by Gasteiger charge is -2.36. The summed E-state index contributed by atoms with van der Waals surface area (Å²) < 4.78 is 11.7. The van der Waals surface area contributed by atoms with Crippen molar-refractivity contribution in [3.8, 4) is 11.5 Å². The Labute approximate surface area is 272 Å². The van der Waals surface area contributed by atoms with Gasteiger partial charge in [0, 0.05) is 53.8 Å². The van der Waals surface area contributed by atoms with Crippen LogP contribution < -0.4 is 20.7 Å². The molecule has 244 valence electrons. The zero-order valence-corrected chi connectivity index (χ0v) is 26.7. The van der Waals surface area contributed by atoms with Crippen molar-refractivity contribution in [1.29, 1.82) is 0 Å². The predicted molar refractivity (Wildman–Crippen MR) is 176 cm³/mol. The van der Waals surface area contributed by atoms with Crippen LogP contribution in [0.15, 0.2) is 65.2 Å². The molecule has 0 radical (unpaired) electrons. The van der Waals surface area contributed by atoms with Gasteiger partial charge in [-0.25, -0.2) is 4.98 Å². The summed E-state index contributed by atoms with van der Waals surface area (Å²) in [6.45, 7) is 2.31. The molecule has 3 heterocycles. The normalized spacial score (nSPS) is 17.1. The second-order valence-corrected chi connectivity index (χ2v) is 13.3. The summed E-state index contributed by atoms with van der Waals surface area (Å²) in [6.07, 6.45) is 7.76. The average Bonchev–Trinajstić information content (AvgIpc) is 3.76. The molecule has 46 heavy (non-hydrogen) atoms. The maximum absolute atomic E-state index is 12.0. The largest absolute Gasteiger partial charge is 0.506 e. The Bertz CT molecular complexity index is 1600. The number of amides is 1. The van der Waals surface area contributed by atoms with Crippen LogP contribution in [0.25, 0.3) is 0 Å². The molecule has 2 unspecified atom stereocenters. The zero-order valence-electron chi connectivity index (χ0n) is 25.8. The summed E-state index contributed by atoms with van der Waals surface area (Å²) >= 11 is 1.75. The van der Waals surface area contributed by atoms with Gasteiger partial charge in [0.25, 0.3) is 5.91 Å². The van der Waals surface area contributed by atoms with E-state index in [0.717, 1.165) is 56.5 Å². The third-order valence-corrected chi connectivity index (χ3v) is 10.0. The first-order valence-electron chi connectivity index (χ1n) is 16.1. The maximum Gasteiger partial charge on any atom is 0.262 e. The lowest BCUT2D eigenvalue weighted by Crippen LogP contribution is -2.38. The SMILES string of the molecule is O=C1COc2c(C(O)CNCCc3ccc(CNCCc4cnc(C(O)(c5ccccc5)C5CCCCC5)o4)s3)ccc(O)c2N1. The lowest BCUT2D eigenvalue weighted by molar-refractivity contribution is -0.118. The summed E-state index contributed by atoms with van der Waals surface area (Å²) in [5, 5.41) is 42.2. The molecule has 2 atom stereocenters. The first-order chi connectivity index (χ1) is 22.4. The Morgan fingerprint density at radius 1 is 1.00 bits per heavy atom. The fourth-order valence-electron chi connectivity index (χ4n) is 6.42. The van der Waals surface area contributed by atoms with Crippen molar-refractivity contribution in [1.82, 2.24) is 15.6 Å². The van der Waals surface area contributed by atoms with E-state index in [1.807, 2.05) is 30.3 Å². The van der Waals surface area contributed by atoms with Crippen molar-refractivity contribution < 1.29 is 29.3 Å². The van der Waals surface area contributed by atoms with Crippen LogP contribution in [-0.2, 0) is 29.8 Å². The molecule has 1 aliphatic heterocycles. The first kappa shape index (κ1) is 32.2. The van der Waals surface area contributed by atoms with Crippen molar-refractivity contribution >= 4 is 22.9 Å². The van der Waals surface area contributed by atoms with E-state index in [0.29, 0.717) is 36.7 Å². The first-order valence-corrected chi connectivity index (χ1v) is 16.9. The summed E-state index contributed by atoms with van der Waals surface area (Å²) in [7, 11) is 0. The monoisotopic (exact) mass is 646 g/mol. The fourth-order valence-corrected chi connectivity index (χ4v) is 7.41. The second kappa shape index (κ2) is 14.8. The highest BCUT2D eigenvalue weighted by Crippen LogP contribution is 2.44. The Hall–Kier alpha value is -3.74. The van der Waals surface area contributed by atoms with E-state index >= 15 is 0 Å². The van der Waals surface area contributed by atoms with Crippen molar-refractivity contribution in [2.24, 2.45) is 5.92 Å². The maximum atomic E-state index is 12.0. The van der Waals surface area contributed by atoms with Gasteiger partial charge in [0.2, 0.25) is 5.89 Å². The Kier molecular flexibility index (Phi) is 10.4. The molecule has 0 bridgehead atoms. The van der Waals surface area contributed by atoms with E-state index < -0.39 is 11.7 Å². The number of rotatable bonds is 14. The number of thiophene rings is 1. The fraction of sp³-hybridized carbons (Fsp3) is 0.429. The number of carbonyl (C=O) groups excluding carboxylic acids is 1. The van der Waals surface area contributed by atoms with Gasteiger partial charge in [-0.3, -0.25) is 4.79 Å². The van der Waals surface area contributed by atoms with Crippen LogP contribution >= 0.6 is 11.3 Å². The quantitative estimate of drug-likeness (QED) is 0.0840. The van der Waals surface area contributed by atoms with Gasteiger partial charge >= 0.3 is 0 Å². The number of oxazole rings is 1. The number of benzene rings is 2. The number of phenols is 1. The average molecular weight is 647 g/mol. The predicted octanol–water partition coefficient (Wildman–Crippen LogP) is 4.79. The van der Waals surface area contributed by atoms with Gasteiger partial charge in [0.15, 0.2) is 18.0 Å². The van der Waals surface area contributed by atoms with E-state index in [2.05, 4.69) is 33.1 Å². The minimum Gasteiger partial charge on any atom is -0.506 e. The van der Waals surface area contributed by atoms with Crippen LogP contribution in [0, 0.1) is 5.92 Å². The number of phenolic OH excluding ortho intramolecular Hbond substituents is 1. The molecule has 1 fully saturated rings. The number of hydrogen-bond donors (Lipinski definition) is 6. The van der Waals surface area contributed by atoms with E-state index in [4.69, 9.17) is 9.15 Å². The van der Waals surface area contributed by atoms with Crippen molar-refractivity contribution in [3.05, 3.63) is 93.3 Å². The number of aromatic hydroxyl groups is 1. The zero-order chi connectivity index (χ0) is 31.9. The van der Waals surface area contributed by atoms with Crippen LogP contribution in [0.4, 0.5) is 5.69 Å². The molecule has 1 aliphatic carbocycles. The Balaban J connectivity index is 0.944. The number of ether oxygens (including phenoxy) is 1. The van der Waals surface area contributed by atoms with Crippen LogP contribution in [0.3, 0.4) is 0 Å². The van der Waals surface area contributed by atoms with Crippen molar-refractivity contribution in [2.75, 3.05) is 31.6 Å². The molecule has 4 aromatic rings. The van der Waals surface area contributed by atoms with Crippen LogP contribution in [0.5, 0.6) is 11.5 Å². The second-order valence-electron chi connectivity index (χ2n) is 12.1. The van der Waals surface area contributed by atoms with Crippen LogP contribution in [0.2, 0.25) is 0 Å². The minimum atomic E-state index is -1.22. The van der Waals surface area contributed by atoms with E-state index in [1.54, 1.807) is 23.6 Å². The number of carbonyl (C=O) groups is 1. The van der Waals surface area contributed by atoms with Gasteiger partial charge in [-0.15, -0.1) is 11.3 Å². The van der Waals surface area contributed by atoms with E-state index in [9.17, 15) is 20.1 Å². The highest BCUT2D eigenvalue weighted by molar-refractivity contribution is 7.11. The molecular formula is C35H42N4O6S. The Morgan fingerprint density at radius 3 is 2.61 bits per heavy atom. The van der Waals surface area contributed by atoms with Crippen molar-refractivity contribution in [3.63, 3.8) is 0 Å². The molecule has 2 aliphatic rings. The van der Waals surface area contributed by atoms with Gasteiger partial charge in [0.05, 0.1) is 12.3 Å². The number of aliphatic hydroxyl groups is 2. The third-order valence-electron chi connectivity index (χ3n) is 8.88. The summed E-state index contributed by atoms with van der Waals surface area (Å²) in [5.41, 5.74) is 0.340. The lowest BCUT2D eigenvalue weighted by atomic mass is 9.73. The number of aliphatic hydroxyl groups excluding tert-OH is 1. The van der Waals surface area contributed by atoms with Crippen molar-refractivity contribution in [2.45, 2.75) is 63.2 Å². The molecule has 1 amide bonds. The molecule has 10 nitrogen and oxygen atoms in total. The van der Waals surface area contributed by atoms with Gasteiger partial charge in [-0.2, -0.15) is 0 Å². The highest BCUT2D eigenvalue weighted by atomic mass is 32.1. The summed E-state index contributed by atoms with van der Waals surface area (Å²) in [5.74, 6) is 1.12. The molecule has 6 rings (SSSR count). The number of anilines is 1. The van der Waals surface area contributed by atoms with Gasteiger partial charge < -0.3 is 40.4 Å². The standard InChI is InChI=1S/C35H42N4O6S/c40-29-14-13-28(33-32(29)39-31(42)22-44-33)30(41)21-37-18-16-26-11-12-27(46-26)20-36-17-15-25-19-38-34(45-25)35(43,23-7-3-1-4-8-23)24-9-5-2-6-10-24/h1,3-4,7-8,11-14,19,24,30,36-37,40-41,43H,2,5-6,9-10,15-18,20-22H2,(H,39,42). The topological polar surface area (TPSA) is 149 Å². The number of hydrogen-bond acceptors (Lipinski definition) is 10. The molecule has 0 spiro atoms. The molecule has 2 aromatic carbocycles. The number of fused-ring (bicyclic) bond motifs is 1. The smallest absolute Gasteiger partial charge is 0.262 e. The van der Waals surface area contributed by atoms with Gasteiger partial charge in [-0.1, -0.05) is 49.6 Å². The summed E-state index contributed by atoms with van der Waals surface area (Å²) in [4.78, 5) is 18.7. The molecule has 1 saturated carbocycles.